The molecule has 0 fully saturated rings. The monoisotopic (exact) mass is 286 g/mol. The lowest BCUT2D eigenvalue weighted by Crippen LogP contribution is -2.17. The Bertz CT molecular complexity index is 419. The van der Waals surface area contributed by atoms with Crippen molar-refractivity contribution in [3.63, 3.8) is 0 Å². The molecule has 0 saturated carbocycles. The first-order valence-electron chi connectivity index (χ1n) is 4.44. The Balaban J connectivity index is 2.95. The van der Waals surface area contributed by atoms with Gasteiger partial charge in [-0.05, 0) is 11.6 Å². The average molecular weight is 287 g/mol. The highest BCUT2D eigenvalue weighted by Crippen LogP contribution is 2.32. The summed E-state index contributed by atoms with van der Waals surface area (Å²) in [4.78, 5) is 11.1. The smallest absolute Gasteiger partial charge is 0.404 e. The molecule has 0 aliphatic carbocycles. The number of halogens is 5. The highest BCUT2D eigenvalue weighted by atomic mass is 35.5. The van der Waals surface area contributed by atoms with E-state index < -0.39 is 12.1 Å². The molecule has 17 heavy (non-hydrogen) atoms. The van der Waals surface area contributed by atoms with E-state index in [0.29, 0.717) is 0 Å². The molecule has 0 spiro atoms. The van der Waals surface area contributed by atoms with Gasteiger partial charge in [-0.25, -0.2) is 0 Å². The van der Waals surface area contributed by atoms with Crippen LogP contribution in [0.25, 0.3) is 0 Å². The molecule has 1 aromatic carbocycles. The molecule has 2 nitrogen and oxygen atoms in total. The maximum Gasteiger partial charge on any atom is 0.573 e. The Kier molecular flexibility index (Phi) is 4.65. The number of benzene rings is 1. The molecular formula is C10H7Cl2F3O2. The summed E-state index contributed by atoms with van der Waals surface area (Å²) in [5, 5.41) is -0.233. The van der Waals surface area contributed by atoms with Gasteiger partial charge < -0.3 is 4.74 Å². The number of hydrogen-bond acceptors (Lipinski definition) is 2. The zero-order valence-electron chi connectivity index (χ0n) is 8.35. The summed E-state index contributed by atoms with van der Waals surface area (Å²) in [6, 6.07) is 3.84. The van der Waals surface area contributed by atoms with Crippen LogP contribution in [0.5, 0.6) is 5.75 Å². The van der Waals surface area contributed by atoms with Crippen molar-refractivity contribution >= 4 is 29.0 Å². The molecule has 94 valence electrons. The second kappa shape index (κ2) is 5.60. The Labute approximate surface area is 105 Å². The summed E-state index contributed by atoms with van der Waals surface area (Å²) < 4.78 is 39.8. The number of carbonyl (C=O) groups excluding carboxylic acids is 1. The van der Waals surface area contributed by atoms with E-state index in [9.17, 15) is 18.0 Å². The Morgan fingerprint density at radius 3 is 2.53 bits per heavy atom. The average Bonchev–Trinajstić information content (AvgIpc) is 2.22. The van der Waals surface area contributed by atoms with Crippen molar-refractivity contribution in [3.05, 3.63) is 28.8 Å². The van der Waals surface area contributed by atoms with Crippen molar-refractivity contribution in [1.29, 1.82) is 0 Å². The first kappa shape index (κ1) is 14.1. The van der Waals surface area contributed by atoms with Crippen molar-refractivity contribution in [1.82, 2.24) is 0 Å². The summed E-state index contributed by atoms with van der Waals surface area (Å²) in [7, 11) is 0. The molecule has 0 unspecified atom stereocenters. The van der Waals surface area contributed by atoms with E-state index >= 15 is 0 Å². The maximum atomic E-state index is 12.0. The fourth-order valence-electron chi connectivity index (χ4n) is 1.16. The van der Waals surface area contributed by atoms with Crippen molar-refractivity contribution < 1.29 is 22.7 Å². The molecule has 0 heterocycles. The van der Waals surface area contributed by atoms with Gasteiger partial charge >= 0.3 is 6.36 Å². The molecule has 0 N–H and O–H groups in total. The quantitative estimate of drug-likeness (QED) is 0.791. The molecule has 0 radical (unpaired) electrons. The molecule has 0 amide bonds. The van der Waals surface area contributed by atoms with Gasteiger partial charge in [0.1, 0.15) is 5.75 Å². The van der Waals surface area contributed by atoms with Gasteiger partial charge in [0.25, 0.3) is 0 Å². The van der Waals surface area contributed by atoms with Crippen molar-refractivity contribution in [3.8, 4) is 5.75 Å². The zero-order valence-corrected chi connectivity index (χ0v) is 9.86. The second-order valence-electron chi connectivity index (χ2n) is 3.13. The molecular weight excluding hydrogens is 280 g/mol. The lowest BCUT2D eigenvalue weighted by Gasteiger charge is -2.12. The van der Waals surface area contributed by atoms with Gasteiger partial charge in [-0.15, -0.1) is 24.8 Å². The van der Waals surface area contributed by atoms with Crippen LogP contribution in [0.4, 0.5) is 13.2 Å². The molecule has 1 rings (SSSR count). The van der Waals surface area contributed by atoms with E-state index in [1.54, 1.807) is 0 Å². The van der Waals surface area contributed by atoms with Gasteiger partial charge in [0, 0.05) is 6.42 Å². The van der Waals surface area contributed by atoms with E-state index in [2.05, 4.69) is 4.74 Å². The molecule has 0 aliphatic rings. The largest absolute Gasteiger partial charge is 0.573 e. The number of ketones is 1. The standard InChI is InChI=1S/C10H7Cl2F3O2/c11-5-7(16)4-6-2-1-3-8(9(6)12)17-10(13,14)15/h1-3H,4-5H2. The minimum absolute atomic E-state index is 0.128. The minimum Gasteiger partial charge on any atom is -0.404 e. The molecule has 0 aromatic heterocycles. The van der Waals surface area contributed by atoms with Crippen LogP contribution in [-0.4, -0.2) is 18.0 Å². The summed E-state index contributed by atoms with van der Waals surface area (Å²) in [6.07, 6.45) is -4.95. The predicted octanol–water partition coefficient (Wildman–Crippen LogP) is 3.59. The van der Waals surface area contributed by atoms with Gasteiger partial charge in [0.15, 0.2) is 5.78 Å². The van der Waals surface area contributed by atoms with Gasteiger partial charge in [-0.1, -0.05) is 23.7 Å². The van der Waals surface area contributed by atoms with Crippen LogP contribution in [0, 0.1) is 0 Å². The highest BCUT2D eigenvalue weighted by molar-refractivity contribution is 6.33. The van der Waals surface area contributed by atoms with Crippen LogP contribution in [0.3, 0.4) is 0 Å². The Morgan fingerprint density at radius 1 is 1.35 bits per heavy atom. The van der Waals surface area contributed by atoms with E-state index in [4.69, 9.17) is 23.2 Å². The molecule has 0 atom stereocenters. The molecule has 1 aromatic rings. The van der Waals surface area contributed by atoms with E-state index in [1.165, 1.54) is 12.1 Å². The number of ether oxygens (including phenoxy) is 1. The molecule has 0 aliphatic heterocycles. The third kappa shape index (κ3) is 4.44. The third-order valence-electron chi connectivity index (χ3n) is 1.81. The number of carbonyl (C=O) groups is 1. The van der Waals surface area contributed by atoms with Gasteiger partial charge in [0.2, 0.25) is 0 Å². The predicted molar refractivity (Wildman–Crippen MR) is 57.6 cm³/mol. The zero-order chi connectivity index (χ0) is 13.1. The summed E-state index contributed by atoms with van der Waals surface area (Å²) in [6.45, 7) is 0. The van der Waals surface area contributed by atoms with Crippen molar-refractivity contribution in [2.24, 2.45) is 0 Å². The van der Waals surface area contributed by atoms with E-state index in [1.807, 2.05) is 0 Å². The topological polar surface area (TPSA) is 26.3 Å². The minimum atomic E-state index is -4.82. The Hall–Kier alpha value is -0.940. The van der Waals surface area contributed by atoms with Crippen LogP contribution in [0.15, 0.2) is 18.2 Å². The molecule has 0 saturated heterocycles. The van der Waals surface area contributed by atoms with Crippen LogP contribution >= 0.6 is 23.2 Å². The molecule has 7 heteroatoms. The summed E-state index contributed by atoms with van der Waals surface area (Å²) in [5.41, 5.74) is 0.249. The summed E-state index contributed by atoms with van der Waals surface area (Å²) >= 11 is 11.0. The lowest BCUT2D eigenvalue weighted by atomic mass is 10.1. The highest BCUT2D eigenvalue weighted by Gasteiger charge is 2.32. The second-order valence-corrected chi connectivity index (χ2v) is 3.77. The lowest BCUT2D eigenvalue weighted by molar-refractivity contribution is -0.274. The SMILES string of the molecule is O=C(CCl)Cc1cccc(OC(F)(F)F)c1Cl. The fraction of sp³-hybridized carbons (Fsp3) is 0.300. The van der Waals surface area contributed by atoms with Crippen molar-refractivity contribution in [2.45, 2.75) is 12.8 Å². The summed E-state index contributed by atoms with van der Waals surface area (Å²) in [5.74, 6) is -1.09. The van der Waals surface area contributed by atoms with Crippen LogP contribution in [0.2, 0.25) is 5.02 Å². The fourth-order valence-corrected chi connectivity index (χ4v) is 1.48. The number of rotatable bonds is 4. The Morgan fingerprint density at radius 2 is 2.00 bits per heavy atom. The van der Waals surface area contributed by atoms with Crippen LogP contribution < -0.4 is 4.74 Å². The van der Waals surface area contributed by atoms with E-state index in [-0.39, 0.29) is 28.7 Å². The number of alkyl halides is 4. The maximum absolute atomic E-state index is 12.0. The van der Waals surface area contributed by atoms with Crippen molar-refractivity contribution in [2.75, 3.05) is 5.88 Å². The van der Waals surface area contributed by atoms with Crippen LogP contribution in [-0.2, 0) is 11.2 Å². The number of Topliss-reactive ketones (excluding diaryl/α,β-unsaturated/α-hetero) is 1. The first-order chi connectivity index (χ1) is 7.83. The van der Waals surface area contributed by atoms with Gasteiger partial charge in [0.05, 0.1) is 10.9 Å². The van der Waals surface area contributed by atoms with Gasteiger partial charge in [-0.3, -0.25) is 4.79 Å². The number of hydrogen-bond donors (Lipinski definition) is 0. The van der Waals surface area contributed by atoms with Crippen LogP contribution in [0.1, 0.15) is 5.56 Å². The third-order valence-corrected chi connectivity index (χ3v) is 2.53. The normalized spacial score (nSPS) is 11.4. The van der Waals surface area contributed by atoms with Gasteiger partial charge in [-0.2, -0.15) is 0 Å². The van der Waals surface area contributed by atoms with E-state index in [0.717, 1.165) is 6.07 Å². The first-order valence-corrected chi connectivity index (χ1v) is 5.35. The molecule has 0 bridgehead atoms.